The number of fused-ring (bicyclic) bond motifs is 3. The molecule has 2 aliphatic heterocycles. The van der Waals surface area contributed by atoms with Crippen LogP contribution in [0.4, 0.5) is 16.2 Å². The van der Waals surface area contributed by atoms with Gasteiger partial charge in [0.25, 0.3) is 0 Å². The second kappa shape index (κ2) is 10.3. The number of hydrogen-bond acceptors (Lipinski definition) is 10. The lowest BCUT2D eigenvalue weighted by Gasteiger charge is -2.34. The number of halogens is 1. The van der Waals surface area contributed by atoms with Gasteiger partial charge in [0.2, 0.25) is 5.95 Å². The average molecular weight is 545 g/mol. The van der Waals surface area contributed by atoms with Gasteiger partial charge in [0, 0.05) is 67.1 Å². The van der Waals surface area contributed by atoms with E-state index in [1.807, 2.05) is 10.6 Å². The van der Waals surface area contributed by atoms with Crippen molar-refractivity contribution >= 4 is 23.1 Å². The lowest BCUT2D eigenvalue weighted by molar-refractivity contribution is 0.277. The van der Waals surface area contributed by atoms with Crippen molar-refractivity contribution in [2.75, 3.05) is 43.1 Å². The summed E-state index contributed by atoms with van der Waals surface area (Å²) in [6.45, 7) is 3.34. The third-order valence-electron chi connectivity index (χ3n) is 7.76. The van der Waals surface area contributed by atoms with Gasteiger partial charge in [-0.05, 0) is 37.1 Å². The van der Waals surface area contributed by atoms with Gasteiger partial charge in [-0.25, -0.2) is 14.4 Å². The lowest BCUT2D eigenvalue weighted by Crippen LogP contribution is -2.43. The first-order chi connectivity index (χ1) is 19.7. The lowest BCUT2D eigenvalue weighted by atomic mass is 10.0. The first-order valence-corrected chi connectivity index (χ1v) is 13.5. The van der Waals surface area contributed by atoms with Crippen LogP contribution in [0.15, 0.2) is 43.1 Å². The molecule has 3 N–H and O–H groups in total. The molecule has 1 saturated heterocycles. The number of pyridine rings is 1. The summed E-state index contributed by atoms with van der Waals surface area (Å²) in [7, 11) is 0. The molecule has 12 nitrogen and oxygen atoms in total. The highest BCUT2D eigenvalue weighted by Gasteiger charge is 2.24. The second-order valence-corrected chi connectivity index (χ2v) is 10.0. The topological polar surface area (TPSA) is 130 Å². The molecule has 0 atom stereocenters. The number of anilines is 2. The maximum Gasteiger partial charge on any atom is 0.210 e. The first kappa shape index (κ1) is 24.7. The van der Waals surface area contributed by atoms with Gasteiger partial charge in [-0.15, -0.1) is 10.2 Å². The number of aliphatic hydroxyl groups is 1. The smallest absolute Gasteiger partial charge is 0.210 e. The Kier molecular flexibility index (Phi) is 6.36. The predicted molar refractivity (Wildman–Crippen MR) is 146 cm³/mol. The molecule has 0 unspecified atom stereocenters. The van der Waals surface area contributed by atoms with Gasteiger partial charge in [-0.1, -0.05) is 0 Å². The molecule has 7 rings (SSSR count). The summed E-state index contributed by atoms with van der Waals surface area (Å²) in [4.78, 5) is 11.5. The highest BCUT2D eigenvalue weighted by molar-refractivity contribution is 5.86. The van der Waals surface area contributed by atoms with Crippen molar-refractivity contribution in [3.05, 3.63) is 60.1 Å². The molecular formula is C27H29FN10O2. The van der Waals surface area contributed by atoms with E-state index in [0.29, 0.717) is 48.4 Å². The summed E-state index contributed by atoms with van der Waals surface area (Å²) in [6, 6.07) is 7.60. The van der Waals surface area contributed by atoms with Gasteiger partial charge in [0.1, 0.15) is 30.0 Å². The van der Waals surface area contributed by atoms with Crippen molar-refractivity contribution in [1.29, 1.82) is 0 Å². The minimum Gasteiger partial charge on any atom is -0.493 e. The van der Waals surface area contributed by atoms with Gasteiger partial charge in [0.05, 0.1) is 13.2 Å². The Balaban J connectivity index is 1.17. The van der Waals surface area contributed by atoms with E-state index < -0.39 is 0 Å². The summed E-state index contributed by atoms with van der Waals surface area (Å²) in [6.07, 6.45) is 7.54. The number of nitrogens with zero attached hydrogens (tertiary/aromatic N) is 8. The molecule has 0 amide bonds. The SMILES string of the molecule is OCCNC1CCN(c2ccc(-c3cnc(NCc4c(F)ccc5c4CCO5)n4cnnc34)c3ncnn23)CC1. The quantitative estimate of drug-likeness (QED) is 0.267. The predicted octanol–water partition coefficient (Wildman–Crippen LogP) is 2.07. The normalized spacial score (nSPS) is 15.6. The van der Waals surface area contributed by atoms with Gasteiger partial charge in [0.15, 0.2) is 11.3 Å². The Morgan fingerprint density at radius 3 is 2.85 bits per heavy atom. The molecule has 0 radical (unpaired) electrons. The van der Waals surface area contributed by atoms with E-state index >= 15 is 0 Å². The number of piperidine rings is 1. The molecule has 0 bridgehead atoms. The van der Waals surface area contributed by atoms with E-state index in [-0.39, 0.29) is 19.0 Å². The van der Waals surface area contributed by atoms with Crippen LogP contribution in [-0.2, 0) is 13.0 Å². The minimum absolute atomic E-state index is 0.148. The largest absolute Gasteiger partial charge is 0.493 e. The minimum atomic E-state index is -0.270. The van der Waals surface area contributed by atoms with Gasteiger partial charge >= 0.3 is 0 Å². The van der Waals surface area contributed by atoms with Crippen molar-refractivity contribution in [1.82, 2.24) is 39.5 Å². The fraction of sp³-hybridized carbons (Fsp3) is 0.370. The van der Waals surface area contributed by atoms with Crippen LogP contribution in [0, 0.1) is 5.82 Å². The van der Waals surface area contributed by atoms with E-state index in [4.69, 9.17) is 9.84 Å². The maximum atomic E-state index is 14.7. The molecule has 1 fully saturated rings. The van der Waals surface area contributed by atoms with Crippen LogP contribution in [0.3, 0.4) is 0 Å². The standard InChI is InChI=1S/C27H29FN10O2/c28-22-2-3-23-18(7-12-40-23)20(22)13-30-27-31-14-21(26-35-33-16-37(26)27)19-1-4-24(38-25(19)32-15-34-38)36-9-5-17(6-10-36)29-8-11-39/h1-4,14-17,29,39H,5-13H2,(H,30,31). The highest BCUT2D eigenvalue weighted by atomic mass is 19.1. The molecule has 0 aliphatic carbocycles. The van der Waals surface area contributed by atoms with Crippen molar-refractivity contribution in [2.45, 2.75) is 31.8 Å². The molecule has 206 valence electrons. The summed E-state index contributed by atoms with van der Waals surface area (Å²) in [5, 5.41) is 28.8. The van der Waals surface area contributed by atoms with E-state index in [9.17, 15) is 4.39 Å². The van der Waals surface area contributed by atoms with Crippen LogP contribution in [0.25, 0.3) is 22.4 Å². The first-order valence-electron chi connectivity index (χ1n) is 13.5. The molecule has 0 saturated carbocycles. The second-order valence-electron chi connectivity index (χ2n) is 10.0. The number of benzene rings is 1. The summed E-state index contributed by atoms with van der Waals surface area (Å²) in [5.41, 5.74) is 4.38. The molecule has 13 heteroatoms. The number of nitrogens with one attached hydrogen (secondary N) is 2. The van der Waals surface area contributed by atoms with Crippen LogP contribution in [-0.4, -0.2) is 78.2 Å². The van der Waals surface area contributed by atoms with Crippen LogP contribution in [0.5, 0.6) is 5.75 Å². The Labute approximate surface area is 228 Å². The number of ether oxygens (including phenoxy) is 1. The Morgan fingerprint density at radius 1 is 1.07 bits per heavy atom. The van der Waals surface area contributed by atoms with Gasteiger partial charge in [-0.3, -0.25) is 4.40 Å². The van der Waals surface area contributed by atoms with Crippen LogP contribution >= 0.6 is 0 Å². The fourth-order valence-corrected chi connectivity index (χ4v) is 5.74. The number of rotatable bonds is 8. The van der Waals surface area contributed by atoms with E-state index in [2.05, 4.69) is 46.9 Å². The fourth-order valence-electron chi connectivity index (χ4n) is 5.74. The maximum absolute atomic E-state index is 14.7. The number of hydrogen-bond donors (Lipinski definition) is 3. The zero-order valence-corrected chi connectivity index (χ0v) is 21.8. The van der Waals surface area contributed by atoms with E-state index in [1.54, 1.807) is 29.3 Å². The zero-order valence-electron chi connectivity index (χ0n) is 21.8. The third kappa shape index (κ3) is 4.27. The van der Waals surface area contributed by atoms with Crippen LogP contribution in [0.1, 0.15) is 24.0 Å². The Bertz CT molecular complexity index is 1680. The molecule has 2 aliphatic rings. The molecule has 40 heavy (non-hydrogen) atoms. The van der Waals surface area contributed by atoms with Crippen LogP contribution in [0.2, 0.25) is 0 Å². The summed E-state index contributed by atoms with van der Waals surface area (Å²) in [5.74, 6) is 1.95. The van der Waals surface area contributed by atoms with Crippen molar-refractivity contribution in [3.8, 4) is 16.9 Å². The summed E-state index contributed by atoms with van der Waals surface area (Å²) < 4.78 is 23.9. The third-order valence-corrected chi connectivity index (χ3v) is 7.76. The van der Waals surface area contributed by atoms with Gasteiger partial charge in [-0.2, -0.15) is 9.61 Å². The Hall–Kier alpha value is -4.36. The molecule has 5 aromatic rings. The highest BCUT2D eigenvalue weighted by Crippen LogP contribution is 2.33. The number of aromatic nitrogens is 7. The van der Waals surface area contributed by atoms with Gasteiger partial charge < -0.3 is 25.4 Å². The van der Waals surface area contributed by atoms with Crippen LogP contribution < -0.4 is 20.3 Å². The zero-order chi connectivity index (χ0) is 27.1. The van der Waals surface area contributed by atoms with E-state index in [0.717, 1.165) is 54.2 Å². The number of aliphatic hydroxyl groups excluding tert-OH is 1. The molecule has 6 heterocycles. The summed E-state index contributed by atoms with van der Waals surface area (Å²) >= 11 is 0. The van der Waals surface area contributed by atoms with Crippen molar-refractivity contribution in [2.24, 2.45) is 0 Å². The molecule has 0 spiro atoms. The Morgan fingerprint density at radius 2 is 1.98 bits per heavy atom. The monoisotopic (exact) mass is 544 g/mol. The van der Waals surface area contributed by atoms with E-state index in [1.165, 1.54) is 6.07 Å². The molecule has 4 aromatic heterocycles. The molecule has 1 aromatic carbocycles. The average Bonchev–Trinajstić information content (AvgIpc) is 3.76. The van der Waals surface area contributed by atoms with Crippen molar-refractivity contribution < 1.29 is 14.2 Å². The molecular weight excluding hydrogens is 515 g/mol. The van der Waals surface area contributed by atoms with Crippen molar-refractivity contribution in [3.63, 3.8) is 0 Å².